The first-order chi connectivity index (χ1) is 12.3. The average molecular weight is 422 g/mol. The minimum Gasteiger partial charge on any atom is -0.459 e. The molecule has 1 heterocycles. The summed E-state index contributed by atoms with van der Waals surface area (Å²) < 4.78 is 6.86. The van der Waals surface area contributed by atoms with Crippen molar-refractivity contribution < 1.29 is 14.0 Å². The Bertz CT molecular complexity index is 756. The van der Waals surface area contributed by atoms with Gasteiger partial charge in [-0.1, -0.05) is 28.1 Å². The van der Waals surface area contributed by atoms with Gasteiger partial charge < -0.3 is 14.2 Å². The highest BCUT2D eigenvalue weighted by atomic mass is 79.9. The number of halogens is 1. The van der Waals surface area contributed by atoms with Crippen LogP contribution in [0.25, 0.3) is 11.3 Å². The lowest BCUT2D eigenvalue weighted by molar-refractivity contribution is -0.133. The van der Waals surface area contributed by atoms with Crippen LogP contribution >= 0.6 is 15.9 Å². The van der Waals surface area contributed by atoms with Crippen LogP contribution in [0.4, 0.5) is 0 Å². The molecule has 0 atom stereocenters. The van der Waals surface area contributed by atoms with Crippen LogP contribution in [0.1, 0.15) is 5.76 Å². The van der Waals surface area contributed by atoms with E-state index in [1.807, 2.05) is 36.4 Å². The first-order valence-corrected chi connectivity index (χ1v) is 9.03. The van der Waals surface area contributed by atoms with Crippen molar-refractivity contribution in [2.75, 3.05) is 41.3 Å². The number of hydrogen-bond acceptors (Lipinski definition) is 4. The number of rotatable bonds is 7. The smallest absolute Gasteiger partial charge is 0.236 e. The van der Waals surface area contributed by atoms with E-state index >= 15 is 0 Å². The van der Waals surface area contributed by atoms with E-state index in [0.29, 0.717) is 12.3 Å². The molecule has 0 aliphatic heterocycles. The van der Waals surface area contributed by atoms with Gasteiger partial charge in [0.1, 0.15) is 11.5 Å². The Balaban J connectivity index is 1.91. The van der Waals surface area contributed by atoms with Crippen molar-refractivity contribution in [3.8, 4) is 11.3 Å². The number of benzene rings is 1. The Morgan fingerprint density at radius 3 is 2.15 bits per heavy atom. The van der Waals surface area contributed by atoms with Crippen molar-refractivity contribution in [1.82, 2.24) is 14.7 Å². The second-order valence-corrected chi connectivity index (χ2v) is 7.40. The molecule has 0 radical (unpaired) electrons. The number of carbonyl (C=O) groups excluding carboxylic acids is 2. The molecule has 0 saturated carbocycles. The van der Waals surface area contributed by atoms with Gasteiger partial charge >= 0.3 is 0 Å². The van der Waals surface area contributed by atoms with Gasteiger partial charge in [-0.2, -0.15) is 0 Å². The molecular weight excluding hydrogens is 398 g/mol. The van der Waals surface area contributed by atoms with Crippen molar-refractivity contribution in [3.63, 3.8) is 0 Å². The molecule has 2 amide bonds. The van der Waals surface area contributed by atoms with Crippen LogP contribution < -0.4 is 0 Å². The summed E-state index contributed by atoms with van der Waals surface area (Å²) in [6.45, 7) is 0.766. The second-order valence-electron chi connectivity index (χ2n) is 6.48. The maximum Gasteiger partial charge on any atom is 0.236 e. The minimum absolute atomic E-state index is 0.0341. The highest BCUT2D eigenvalue weighted by molar-refractivity contribution is 9.10. The lowest BCUT2D eigenvalue weighted by Gasteiger charge is -2.22. The molecule has 140 valence electrons. The van der Waals surface area contributed by atoms with Crippen molar-refractivity contribution in [3.05, 3.63) is 46.6 Å². The summed E-state index contributed by atoms with van der Waals surface area (Å²) in [4.78, 5) is 28.8. The fourth-order valence-electron chi connectivity index (χ4n) is 2.33. The molecule has 1 aromatic carbocycles. The fraction of sp³-hybridized carbons (Fsp3) is 0.368. The Morgan fingerprint density at radius 1 is 0.923 bits per heavy atom. The van der Waals surface area contributed by atoms with E-state index in [1.165, 1.54) is 4.90 Å². The van der Waals surface area contributed by atoms with E-state index in [1.54, 1.807) is 38.0 Å². The van der Waals surface area contributed by atoms with Gasteiger partial charge in [-0.15, -0.1) is 0 Å². The van der Waals surface area contributed by atoms with Crippen LogP contribution in [0.2, 0.25) is 0 Å². The zero-order valence-corrected chi connectivity index (χ0v) is 17.1. The standard InChI is InChI=1S/C19H24BrN3O3/c1-21(2)18(24)12-22(3)13-19(25)23(4)11-16-9-10-17(26-16)14-5-7-15(20)8-6-14/h5-10H,11-13H2,1-4H3. The third-order valence-corrected chi connectivity index (χ3v) is 4.45. The topological polar surface area (TPSA) is 57.0 Å². The Labute approximate surface area is 162 Å². The molecule has 2 rings (SSSR count). The number of likely N-dealkylation sites (N-methyl/N-ethyl adjacent to an activating group) is 3. The summed E-state index contributed by atoms with van der Waals surface area (Å²) in [5.74, 6) is 1.38. The maximum absolute atomic E-state index is 12.3. The largest absolute Gasteiger partial charge is 0.459 e. The van der Waals surface area contributed by atoms with Gasteiger partial charge in [0.2, 0.25) is 11.8 Å². The molecule has 0 aliphatic carbocycles. The molecular formula is C19H24BrN3O3. The molecule has 6 nitrogen and oxygen atoms in total. The van der Waals surface area contributed by atoms with E-state index in [2.05, 4.69) is 15.9 Å². The zero-order chi connectivity index (χ0) is 19.3. The van der Waals surface area contributed by atoms with Crippen LogP contribution in [-0.4, -0.2) is 67.8 Å². The number of nitrogens with zero attached hydrogens (tertiary/aromatic N) is 3. The SMILES string of the molecule is CN(CC(=O)N(C)C)CC(=O)N(C)Cc1ccc(-c2ccc(Br)cc2)o1. The molecule has 0 aliphatic rings. The molecule has 0 saturated heterocycles. The lowest BCUT2D eigenvalue weighted by Crippen LogP contribution is -2.40. The van der Waals surface area contributed by atoms with Gasteiger partial charge in [0.05, 0.1) is 19.6 Å². The third kappa shape index (κ3) is 5.71. The second kappa shape index (κ2) is 9.00. The molecule has 0 N–H and O–H groups in total. The van der Waals surface area contributed by atoms with Crippen LogP contribution in [0.5, 0.6) is 0 Å². The molecule has 7 heteroatoms. The lowest BCUT2D eigenvalue weighted by atomic mass is 10.2. The zero-order valence-electron chi connectivity index (χ0n) is 15.5. The van der Waals surface area contributed by atoms with Crippen molar-refractivity contribution in [1.29, 1.82) is 0 Å². The average Bonchev–Trinajstić information content (AvgIpc) is 3.03. The summed E-state index contributed by atoms with van der Waals surface area (Å²) in [5.41, 5.74) is 0.982. The number of carbonyl (C=O) groups is 2. The highest BCUT2D eigenvalue weighted by Gasteiger charge is 2.16. The van der Waals surface area contributed by atoms with Crippen LogP contribution in [0.3, 0.4) is 0 Å². The number of hydrogen-bond donors (Lipinski definition) is 0. The Hall–Kier alpha value is -2.12. The molecule has 0 fully saturated rings. The van der Waals surface area contributed by atoms with Crippen molar-refractivity contribution in [2.45, 2.75) is 6.54 Å². The molecule has 0 unspecified atom stereocenters. The van der Waals surface area contributed by atoms with Crippen LogP contribution in [-0.2, 0) is 16.1 Å². The molecule has 1 aromatic heterocycles. The van der Waals surface area contributed by atoms with E-state index < -0.39 is 0 Å². The Kier molecular flexibility index (Phi) is 6.99. The van der Waals surface area contributed by atoms with E-state index in [9.17, 15) is 9.59 Å². The molecule has 0 bridgehead atoms. The first-order valence-electron chi connectivity index (χ1n) is 8.23. The highest BCUT2D eigenvalue weighted by Crippen LogP contribution is 2.24. The summed E-state index contributed by atoms with van der Waals surface area (Å²) >= 11 is 3.41. The van der Waals surface area contributed by atoms with E-state index in [0.717, 1.165) is 15.8 Å². The van der Waals surface area contributed by atoms with Crippen LogP contribution in [0, 0.1) is 0 Å². The van der Waals surface area contributed by atoms with E-state index in [-0.39, 0.29) is 24.9 Å². The van der Waals surface area contributed by atoms with Crippen molar-refractivity contribution in [2.24, 2.45) is 0 Å². The maximum atomic E-state index is 12.3. The predicted octanol–water partition coefficient (Wildman–Crippen LogP) is 2.69. The van der Waals surface area contributed by atoms with Gasteiger partial charge in [-0.05, 0) is 31.3 Å². The first kappa shape index (κ1) is 20.2. The normalized spacial score (nSPS) is 10.8. The van der Waals surface area contributed by atoms with Gasteiger partial charge in [0.15, 0.2) is 0 Å². The fourth-order valence-corrected chi connectivity index (χ4v) is 2.60. The van der Waals surface area contributed by atoms with Crippen LogP contribution in [0.15, 0.2) is 45.3 Å². The summed E-state index contributed by atoms with van der Waals surface area (Å²) in [7, 11) is 6.88. The summed E-state index contributed by atoms with van der Waals surface area (Å²) in [6, 6.07) is 11.6. The molecule has 26 heavy (non-hydrogen) atoms. The van der Waals surface area contributed by atoms with Gasteiger partial charge in [0.25, 0.3) is 0 Å². The summed E-state index contributed by atoms with van der Waals surface area (Å²) in [5, 5.41) is 0. The van der Waals surface area contributed by atoms with E-state index in [4.69, 9.17) is 4.42 Å². The summed E-state index contributed by atoms with van der Waals surface area (Å²) in [6.07, 6.45) is 0. The predicted molar refractivity (Wildman–Crippen MR) is 105 cm³/mol. The number of furan rings is 1. The third-order valence-electron chi connectivity index (χ3n) is 3.92. The van der Waals surface area contributed by atoms with Gasteiger partial charge in [-0.3, -0.25) is 14.5 Å². The monoisotopic (exact) mass is 421 g/mol. The quantitative estimate of drug-likeness (QED) is 0.689. The van der Waals surface area contributed by atoms with Gasteiger partial charge in [0, 0.05) is 31.2 Å². The minimum atomic E-state index is -0.0688. The molecule has 2 aromatic rings. The van der Waals surface area contributed by atoms with Gasteiger partial charge in [-0.25, -0.2) is 0 Å². The Morgan fingerprint density at radius 2 is 1.54 bits per heavy atom. The van der Waals surface area contributed by atoms with Crippen molar-refractivity contribution >= 4 is 27.7 Å². The molecule has 0 spiro atoms. The number of amides is 2.